The second-order valence-corrected chi connectivity index (χ2v) is 6.53. The van der Waals surface area contributed by atoms with E-state index in [0.717, 1.165) is 6.42 Å². The van der Waals surface area contributed by atoms with Gasteiger partial charge in [-0.05, 0) is 35.4 Å². The highest BCUT2D eigenvalue weighted by atomic mass is 32.2. The minimum atomic E-state index is 1.09. The fourth-order valence-electron chi connectivity index (χ4n) is 2.37. The van der Waals surface area contributed by atoms with Crippen LogP contribution < -0.4 is 0 Å². The van der Waals surface area contributed by atoms with E-state index in [1.807, 2.05) is 11.8 Å². The highest BCUT2D eigenvalue weighted by Crippen LogP contribution is 2.25. The van der Waals surface area contributed by atoms with Crippen LogP contribution in [0.15, 0.2) is 59.5 Å². The monoisotopic (exact) mass is 297 g/mol. The third kappa shape index (κ3) is 5.97. The molecule has 0 heterocycles. The first kappa shape index (κ1) is 16.2. The molecule has 0 N–H and O–H groups in total. The minimum absolute atomic E-state index is 1.09. The zero-order chi connectivity index (χ0) is 14.8. The molecule has 0 saturated carbocycles. The fraction of sp³-hybridized carbons (Fsp3) is 0.350. The van der Waals surface area contributed by atoms with Gasteiger partial charge in [-0.25, -0.2) is 0 Å². The summed E-state index contributed by atoms with van der Waals surface area (Å²) in [6.07, 6.45) is 7.76. The summed E-state index contributed by atoms with van der Waals surface area (Å²) in [6, 6.07) is 19.5. The van der Waals surface area contributed by atoms with Gasteiger partial charge in [0.2, 0.25) is 0 Å². The Morgan fingerprint density at radius 1 is 0.667 bits per heavy atom. The molecule has 0 aliphatic heterocycles. The zero-order valence-corrected chi connectivity index (χ0v) is 13.6. The van der Waals surface area contributed by atoms with Gasteiger partial charge in [0.1, 0.15) is 0 Å². The lowest BCUT2D eigenvalue weighted by molar-refractivity contribution is 0.639. The highest BCUT2D eigenvalue weighted by Gasteiger charge is 1.98. The van der Waals surface area contributed by atoms with E-state index in [2.05, 4.69) is 61.5 Å². The molecule has 0 fully saturated rings. The van der Waals surface area contributed by atoms with Crippen LogP contribution in [0.4, 0.5) is 0 Å². The first-order valence-electron chi connectivity index (χ1n) is 7.97. The van der Waals surface area contributed by atoms with Crippen molar-refractivity contribution in [2.24, 2.45) is 0 Å². The molecule has 2 aromatic rings. The number of hydrogen-bond acceptors (Lipinski definition) is 1. The number of rotatable bonds is 9. The van der Waals surface area contributed by atoms with Gasteiger partial charge in [-0.2, -0.15) is 0 Å². The SMILES string of the molecule is [CH2]CCCCCCCSc1ccc(-c2ccccc2)cc1. The Labute approximate surface area is 134 Å². The Bertz CT molecular complexity index is 487. The summed E-state index contributed by atoms with van der Waals surface area (Å²) >= 11 is 1.98. The lowest BCUT2D eigenvalue weighted by atomic mass is 10.1. The van der Waals surface area contributed by atoms with Gasteiger partial charge in [-0.3, -0.25) is 0 Å². The molecule has 0 spiro atoms. The Morgan fingerprint density at radius 2 is 1.29 bits per heavy atom. The molecule has 2 rings (SSSR count). The minimum Gasteiger partial charge on any atom is -0.126 e. The first-order valence-corrected chi connectivity index (χ1v) is 8.96. The molecule has 2 aromatic carbocycles. The Hall–Kier alpha value is -1.21. The molecular formula is C20H25S. The fourth-order valence-corrected chi connectivity index (χ4v) is 3.29. The summed E-state index contributed by atoms with van der Waals surface area (Å²) in [4.78, 5) is 1.38. The van der Waals surface area contributed by atoms with E-state index in [9.17, 15) is 0 Å². The molecule has 0 atom stereocenters. The quantitative estimate of drug-likeness (QED) is 0.370. The van der Waals surface area contributed by atoms with Gasteiger partial charge >= 0.3 is 0 Å². The van der Waals surface area contributed by atoms with Crippen LogP contribution >= 0.6 is 11.8 Å². The molecule has 0 amide bonds. The Balaban J connectivity index is 1.71. The predicted octanol–water partition coefficient (Wildman–Crippen LogP) is 6.62. The molecule has 0 aromatic heterocycles. The molecule has 111 valence electrons. The van der Waals surface area contributed by atoms with Crippen LogP contribution in [0.1, 0.15) is 38.5 Å². The second kappa shape index (κ2) is 9.68. The molecule has 21 heavy (non-hydrogen) atoms. The van der Waals surface area contributed by atoms with Crippen molar-refractivity contribution in [2.45, 2.75) is 43.4 Å². The largest absolute Gasteiger partial charge is 0.126 e. The standard InChI is InChI=1S/C20H25S/c1-2-3-4-5-6-10-17-21-20-15-13-19(14-16-20)18-11-8-7-9-12-18/h7-9,11-16H,1-6,10,17H2. The molecule has 1 radical (unpaired) electrons. The summed E-state index contributed by atoms with van der Waals surface area (Å²) in [7, 11) is 0. The van der Waals surface area contributed by atoms with Crippen LogP contribution in [0.5, 0.6) is 0 Å². The number of thioether (sulfide) groups is 1. The van der Waals surface area contributed by atoms with E-state index in [-0.39, 0.29) is 0 Å². The number of benzene rings is 2. The molecule has 0 saturated heterocycles. The van der Waals surface area contributed by atoms with Crippen molar-refractivity contribution in [1.82, 2.24) is 0 Å². The maximum atomic E-state index is 3.88. The van der Waals surface area contributed by atoms with Crippen molar-refractivity contribution in [3.8, 4) is 11.1 Å². The number of hydrogen-bond donors (Lipinski definition) is 0. The third-order valence-electron chi connectivity index (χ3n) is 3.62. The van der Waals surface area contributed by atoms with Crippen LogP contribution in [0.3, 0.4) is 0 Å². The Morgan fingerprint density at radius 3 is 2.00 bits per heavy atom. The van der Waals surface area contributed by atoms with E-state index in [1.54, 1.807) is 0 Å². The van der Waals surface area contributed by atoms with Gasteiger partial charge in [-0.1, -0.05) is 81.5 Å². The molecular weight excluding hydrogens is 272 g/mol. The summed E-state index contributed by atoms with van der Waals surface area (Å²) in [5, 5.41) is 0. The van der Waals surface area contributed by atoms with Crippen molar-refractivity contribution in [3.05, 3.63) is 61.5 Å². The topological polar surface area (TPSA) is 0 Å². The summed E-state index contributed by atoms with van der Waals surface area (Å²) in [6.45, 7) is 3.88. The smallest absolute Gasteiger partial charge is 0.00723 e. The number of unbranched alkanes of at least 4 members (excludes halogenated alkanes) is 5. The second-order valence-electron chi connectivity index (χ2n) is 5.36. The normalized spacial score (nSPS) is 10.7. The van der Waals surface area contributed by atoms with Gasteiger partial charge in [-0.15, -0.1) is 11.8 Å². The predicted molar refractivity (Wildman–Crippen MR) is 95.7 cm³/mol. The molecule has 0 bridgehead atoms. The third-order valence-corrected chi connectivity index (χ3v) is 4.72. The zero-order valence-electron chi connectivity index (χ0n) is 12.8. The van der Waals surface area contributed by atoms with Gasteiger partial charge in [0.25, 0.3) is 0 Å². The van der Waals surface area contributed by atoms with Crippen LogP contribution in [-0.4, -0.2) is 5.75 Å². The molecule has 0 nitrogen and oxygen atoms in total. The van der Waals surface area contributed by atoms with Crippen LogP contribution in [0.2, 0.25) is 0 Å². The summed E-state index contributed by atoms with van der Waals surface area (Å²) in [5.41, 5.74) is 2.59. The van der Waals surface area contributed by atoms with Crippen LogP contribution in [0.25, 0.3) is 11.1 Å². The Kier molecular flexibility index (Phi) is 7.45. The van der Waals surface area contributed by atoms with Crippen molar-refractivity contribution >= 4 is 11.8 Å². The van der Waals surface area contributed by atoms with E-state index in [0.29, 0.717) is 0 Å². The molecule has 0 aliphatic carbocycles. The van der Waals surface area contributed by atoms with E-state index in [1.165, 1.54) is 53.9 Å². The van der Waals surface area contributed by atoms with E-state index in [4.69, 9.17) is 0 Å². The van der Waals surface area contributed by atoms with Crippen molar-refractivity contribution in [3.63, 3.8) is 0 Å². The van der Waals surface area contributed by atoms with Gasteiger partial charge in [0.15, 0.2) is 0 Å². The average Bonchev–Trinajstić information content (AvgIpc) is 2.55. The van der Waals surface area contributed by atoms with Gasteiger partial charge in [0, 0.05) is 4.90 Å². The maximum Gasteiger partial charge on any atom is 0.00723 e. The summed E-state index contributed by atoms with van der Waals surface area (Å²) in [5.74, 6) is 1.23. The molecule has 0 aliphatic rings. The molecule has 1 heteroatoms. The highest BCUT2D eigenvalue weighted by molar-refractivity contribution is 7.99. The van der Waals surface area contributed by atoms with Crippen molar-refractivity contribution < 1.29 is 0 Å². The lowest BCUT2D eigenvalue weighted by Crippen LogP contribution is -1.83. The first-order chi connectivity index (χ1) is 10.4. The van der Waals surface area contributed by atoms with E-state index < -0.39 is 0 Å². The van der Waals surface area contributed by atoms with Crippen molar-refractivity contribution in [2.75, 3.05) is 5.75 Å². The van der Waals surface area contributed by atoms with Crippen molar-refractivity contribution in [1.29, 1.82) is 0 Å². The van der Waals surface area contributed by atoms with Gasteiger partial charge in [0.05, 0.1) is 0 Å². The maximum absolute atomic E-state index is 3.88. The van der Waals surface area contributed by atoms with E-state index >= 15 is 0 Å². The summed E-state index contributed by atoms with van der Waals surface area (Å²) < 4.78 is 0. The average molecular weight is 297 g/mol. The van der Waals surface area contributed by atoms with Gasteiger partial charge < -0.3 is 0 Å². The molecule has 0 unspecified atom stereocenters. The van der Waals surface area contributed by atoms with Crippen LogP contribution in [0, 0.1) is 6.92 Å². The van der Waals surface area contributed by atoms with Crippen LogP contribution in [-0.2, 0) is 0 Å². The lowest BCUT2D eigenvalue weighted by Gasteiger charge is -2.05.